The third-order valence-electron chi connectivity index (χ3n) is 8.41. The molecule has 0 heterocycles. The molecule has 342 valence electrons. The molecule has 0 fully saturated rings. The number of carbonyl (C=O) groups excluding carboxylic acids is 3. The van der Waals surface area contributed by atoms with E-state index in [1.807, 2.05) is 0 Å². The largest absolute Gasteiger partial charge is 0.480 e. The van der Waals surface area contributed by atoms with Crippen LogP contribution in [0.3, 0.4) is 0 Å². The van der Waals surface area contributed by atoms with Crippen LogP contribution in [0.2, 0.25) is 0 Å². The number of carboxylic acids is 3. The summed E-state index contributed by atoms with van der Waals surface area (Å²) in [4.78, 5) is 75.3. The summed E-state index contributed by atoms with van der Waals surface area (Å²) in [5.74, 6) is -3.75. The number of nitrogens with one attached hydrogen (secondary N) is 4. The molecule has 0 saturated carbocycles. The van der Waals surface area contributed by atoms with Gasteiger partial charge in [0.05, 0.1) is 79.0 Å². The van der Waals surface area contributed by atoms with E-state index in [1.165, 1.54) is 4.90 Å². The van der Waals surface area contributed by atoms with Gasteiger partial charge in [-0.25, -0.2) is 0 Å². The monoisotopic (exact) mass is 848 g/mol. The van der Waals surface area contributed by atoms with Gasteiger partial charge in [0.25, 0.3) is 0 Å². The summed E-state index contributed by atoms with van der Waals surface area (Å²) in [7, 11) is 0. The van der Waals surface area contributed by atoms with E-state index in [-0.39, 0.29) is 83.9 Å². The fraction of sp³-hybridized carbons (Fsp3) is 0.795. The Kier molecular flexibility index (Phi) is 35.7. The number of carbonyl (C=O) groups is 6. The van der Waals surface area contributed by atoms with Gasteiger partial charge in [-0.05, 0) is 12.8 Å². The van der Waals surface area contributed by atoms with Crippen LogP contribution in [0, 0.1) is 0 Å². The highest BCUT2D eigenvalue weighted by Crippen LogP contribution is 2.01. The summed E-state index contributed by atoms with van der Waals surface area (Å²) >= 11 is 0. The zero-order valence-electron chi connectivity index (χ0n) is 35.5. The third-order valence-corrected chi connectivity index (χ3v) is 8.41. The number of nitrogens with zero attached hydrogens (tertiary/aromatic N) is 3. The Morgan fingerprint density at radius 3 is 1.17 bits per heavy atom. The zero-order valence-corrected chi connectivity index (χ0v) is 35.5. The lowest BCUT2D eigenvalue weighted by molar-refractivity contribution is -0.140. The maximum atomic E-state index is 12.6. The van der Waals surface area contributed by atoms with Crippen LogP contribution in [0.25, 0.3) is 0 Å². The standard InChI is InChI=1S/C39H73N7O13/c1-4-6-8-10-34(47)41-13-21-57-25-24-56-20-12-40-33(3)28-45(31-38(52)53)18-16-44(30-37(50)51)17-19-46(32-39(54)55)29-36(49)43-15-23-59-27-26-58-22-14-42-35(48)11-9-7-5-2/h40H,3-32H2,1-2H3,(H,41,47)(H,42,48)(H,43,49)(H,50,51)(H,52,53)(H,54,55). The highest BCUT2D eigenvalue weighted by molar-refractivity contribution is 5.79. The van der Waals surface area contributed by atoms with E-state index in [0.29, 0.717) is 77.8 Å². The summed E-state index contributed by atoms with van der Waals surface area (Å²) < 4.78 is 21.9. The molecule has 0 atom stereocenters. The first-order valence-electron chi connectivity index (χ1n) is 20.7. The Bertz CT molecular complexity index is 1100. The average Bonchev–Trinajstić information content (AvgIpc) is 3.16. The molecular formula is C39H73N7O13. The first-order chi connectivity index (χ1) is 28.4. The molecule has 0 aliphatic rings. The van der Waals surface area contributed by atoms with E-state index in [2.05, 4.69) is 41.7 Å². The van der Waals surface area contributed by atoms with Gasteiger partial charge in [-0.1, -0.05) is 46.1 Å². The van der Waals surface area contributed by atoms with Gasteiger partial charge in [0.2, 0.25) is 17.7 Å². The van der Waals surface area contributed by atoms with Crippen molar-refractivity contribution in [3.63, 3.8) is 0 Å². The lowest BCUT2D eigenvalue weighted by Crippen LogP contribution is -2.46. The molecule has 0 unspecified atom stereocenters. The zero-order chi connectivity index (χ0) is 43.9. The first kappa shape index (κ1) is 55.1. The van der Waals surface area contributed by atoms with Crippen molar-refractivity contribution in [2.24, 2.45) is 0 Å². The van der Waals surface area contributed by atoms with E-state index in [9.17, 15) is 44.1 Å². The van der Waals surface area contributed by atoms with Crippen molar-refractivity contribution in [3.05, 3.63) is 12.3 Å². The molecule has 0 spiro atoms. The quantitative estimate of drug-likeness (QED) is 0.0393. The normalized spacial score (nSPS) is 11.2. The molecule has 20 nitrogen and oxygen atoms in total. The Balaban J connectivity index is 4.53. The highest BCUT2D eigenvalue weighted by atomic mass is 16.5. The van der Waals surface area contributed by atoms with E-state index in [0.717, 1.165) is 38.5 Å². The molecular weight excluding hydrogens is 774 g/mol. The van der Waals surface area contributed by atoms with E-state index in [4.69, 9.17) is 18.9 Å². The van der Waals surface area contributed by atoms with Crippen molar-refractivity contribution in [1.29, 1.82) is 0 Å². The van der Waals surface area contributed by atoms with Gasteiger partial charge >= 0.3 is 17.9 Å². The number of ether oxygens (including phenoxy) is 4. The van der Waals surface area contributed by atoms with Gasteiger partial charge in [-0.3, -0.25) is 43.5 Å². The summed E-state index contributed by atoms with van der Waals surface area (Å²) in [6, 6.07) is 0. The topological polar surface area (TPSA) is 258 Å². The Hall–Kier alpha value is -3.92. The fourth-order valence-corrected chi connectivity index (χ4v) is 5.40. The van der Waals surface area contributed by atoms with Crippen molar-refractivity contribution in [1.82, 2.24) is 36.0 Å². The lowest BCUT2D eigenvalue weighted by atomic mass is 10.2. The lowest BCUT2D eigenvalue weighted by Gasteiger charge is -2.28. The van der Waals surface area contributed by atoms with Crippen molar-refractivity contribution in [2.75, 3.05) is 138 Å². The Labute approximate surface area is 349 Å². The molecule has 7 N–H and O–H groups in total. The minimum absolute atomic E-state index is 0.00630. The molecule has 0 radical (unpaired) electrons. The number of aliphatic carboxylic acids is 3. The van der Waals surface area contributed by atoms with Crippen LogP contribution in [-0.4, -0.2) is 204 Å². The summed E-state index contributed by atoms with van der Waals surface area (Å²) in [6.45, 7) is 11.5. The summed E-state index contributed by atoms with van der Waals surface area (Å²) in [5, 5.41) is 39.8. The van der Waals surface area contributed by atoms with E-state index in [1.54, 1.807) is 9.80 Å². The molecule has 0 aromatic carbocycles. The van der Waals surface area contributed by atoms with E-state index >= 15 is 0 Å². The number of hydrogen-bond acceptors (Lipinski definition) is 14. The summed E-state index contributed by atoms with van der Waals surface area (Å²) in [6.07, 6.45) is 6.94. The van der Waals surface area contributed by atoms with E-state index < -0.39 is 30.4 Å². The molecule has 0 bridgehead atoms. The smallest absolute Gasteiger partial charge is 0.317 e. The third kappa shape index (κ3) is 38.1. The van der Waals surface area contributed by atoms with Crippen LogP contribution < -0.4 is 21.3 Å². The second kappa shape index (κ2) is 38.3. The molecule has 3 amide bonds. The van der Waals surface area contributed by atoms with Gasteiger partial charge in [-0.15, -0.1) is 0 Å². The fourth-order valence-electron chi connectivity index (χ4n) is 5.40. The van der Waals surface area contributed by atoms with Gasteiger partial charge in [0.15, 0.2) is 0 Å². The van der Waals surface area contributed by atoms with Gasteiger partial charge < -0.3 is 55.5 Å². The minimum atomic E-state index is -1.16. The Morgan fingerprint density at radius 2 is 0.780 bits per heavy atom. The molecule has 0 saturated heterocycles. The number of carboxylic acid groups (broad SMARTS) is 3. The second-order valence-corrected chi connectivity index (χ2v) is 13.8. The van der Waals surface area contributed by atoms with Gasteiger partial charge in [0, 0.05) is 77.4 Å². The van der Waals surface area contributed by atoms with Crippen molar-refractivity contribution < 1.29 is 63.0 Å². The van der Waals surface area contributed by atoms with Crippen LogP contribution in [0.5, 0.6) is 0 Å². The predicted octanol–water partition coefficient (Wildman–Crippen LogP) is -0.175. The molecule has 0 aromatic rings. The summed E-state index contributed by atoms with van der Waals surface area (Å²) in [5.41, 5.74) is 0.540. The highest BCUT2D eigenvalue weighted by Gasteiger charge is 2.19. The number of rotatable bonds is 43. The van der Waals surface area contributed by atoms with Crippen LogP contribution in [0.4, 0.5) is 0 Å². The van der Waals surface area contributed by atoms with Crippen LogP contribution in [0.15, 0.2) is 12.3 Å². The van der Waals surface area contributed by atoms with Crippen molar-refractivity contribution in [3.8, 4) is 0 Å². The molecule has 0 aromatic heterocycles. The molecule has 59 heavy (non-hydrogen) atoms. The minimum Gasteiger partial charge on any atom is -0.480 e. The predicted molar refractivity (Wildman–Crippen MR) is 220 cm³/mol. The van der Waals surface area contributed by atoms with Crippen LogP contribution in [-0.2, 0) is 47.7 Å². The molecule has 0 aliphatic carbocycles. The van der Waals surface area contributed by atoms with Gasteiger partial charge in [0.1, 0.15) is 0 Å². The molecule has 0 rings (SSSR count). The van der Waals surface area contributed by atoms with Crippen LogP contribution >= 0.6 is 0 Å². The van der Waals surface area contributed by atoms with Crippen molar-refractivity contribution >= 4 is 35.6 Å². The molecule has 20 heteroatoms. The van der Waals surface area contributed by atoms with Crippen molar-refractivity contribution in [2.45, 2.75) is 65.2 Å². The molecule has 0 aliphatic heterocycles. The maximum absolute atomic E-state index is 12.6. The SMILES string of the molecule is C=C(CN(CCN(CCN(CC(=O)O)CC(=O)NCCOCCOCCNC(=O)CCCCC)CC(=O)O)CC(=O)O)NCCOCCOCCNC(=O)CCCCC. The average molecular weight is 848 g/mol. The maximum Gasteiger partial charge on any atom is 0.317 e. The van der Waals surface area contributed by atoms with Gasteiger partial charge in [-0.2, -0.15) is 0 Å². The number of unbranched alkanes of at least 4 members (excludes halogenated alkanes) is 4. The van der Waals surface area contributed by atoms with Crippen LogP contribution in [0.1, 0.15) is 65.2 Å². The Morgan fingerprint density at radius 1 is 0.441 bits per heavy atom. The number of amides is 3. The number of hydrogen-bond donors (Lipinski definition) is 7. The second-order valence-electron chi connectivity index (χ2n) is 13.8. The first-order valence-corrected chi connectivity index (χ1v) is 20.7.